The Hall–Kier alpha value is -1.55. The monoisotopic (exact) mass is 323 g/mol. The molecule has 22 heavy (non-hydrogen) atoms. The molecule has 1 fully saturated rings. The minimum atomic E-state index is -0.539. The number of hydrogen-bond donors (Lipinski definition) is 1. The predicted octanol–water partition coefficient (Wildman–Crippen LogP) is 3.44. The van der Waals surface area contributed by atoms with Crippen molar-refractivity contribution in [2.45, 2.75) is 39.2 Å². The number of ether oxygens (including phenoxy) is 1. The fourth-order valence-electron chi connectivity index (χ4n) is 2.86. The number of rotatable bonds is 4. The zero-order valence-electron chi connectivity index (χ0n) is 13.0. The summed E-state index contributed by atoms with van der Waals surface area (Å²) < 4.78 is 5.04. The van der Waals surface area contributed by atoms with Crippen molar-refractivity contribution in [3.63, 3.8) is 0 Å². The summed E-state index contributed by atoms with van der Waals surface area (Å²) in [5.74, 6) is 0.262. The summed E-state index contributed by atoms with van der Waals surface area (Å²) in [6.45, 7) is 4.11. The van der Waals surface area contributed by atoms with E-state index in [4.69, 9.17) is 16.3 Å². The highest BCUT2D eigenvalue weighted by Gasteiger charge is 2.28. The molecule has 120 valence electrons. The number of hydrogen-bond acceptors (Lipinski definition) is 3. The first-order valence-corrected chi connectivity index (χ1v) is 8.07. The lowest BCUT2D eigenvalue weighted by Crippen LogP contribution is -2.45. The third kappa shape index (κ3) is 4.47. The molecule has 1 aliphatic carbocycles. The van der Waals surface area contributed by atoms with Crippen molar-refractivity contribution in [3.8, 4) is 0 Å². The number of benzene rings is 1. The van der Waals surface area contributed by atoms with Crippen molar-refractivity contribution in [3.05, 3.63) is 34.9 Å². The number of nitrogens with one attached hydrogen (secondary N) is 1. The van der Waals surface area contributed by atoms with Gasteiger partial charge in [-0.25, -0.2) is 4.79 Å². The van der Waals surface area contributed by atoms with Crippen LogP contribution in [0.1, 0.15) is 43.5 Å². The minimum Gasteiger partial charge on any atom is -0.452 e. The Morgan fingerprint density at radius 1 is 1.32 bits per heavy atom. The molecule has 0 spiro atoms. The second-order valence-electron chi connectivity index (χ2n) is 6.03. The summed E-state index contributed by atoms with van der Waals surface area (Å²) in [5.41, 5.74) is 0.347. The number of carbonyl (C=O) groups excluding carboxylic acids is 2. The molecule has 1 saturated carbocycles. The van der Waals surface area contributed by atoms with Gasteiger partial charge < -0.3 is 10.1 Å². The first-order valence-electron chi connectivity index (χ1n) is 7.69. The number of esters is 1. The highest BCUT2D eigenvalue weighted by Crippen LogP contribution is 2.29. The van der Waals surface area contributed by atoms with E-state index in [1.165, 1.54) is 12.5 Å². The molecule has 1 aromatic carbocycles. The zero-order valence-corrected chi connectivity index (χ0v) is 13.7. The number of carbonyl (C=O) groups is 2. The molecule has 3 atom stereocenters. The molecule has 4 nitrogen and oxygen atoms in total. The highest BCUT2D eigenvalue weighted by atomic mass is 35.5. The lowest BCUT2D eigenvalue weighted by Gasteiger charge is -2.34. The van der Waals surface area contributed by atoms with Crippen molar-refractivity contribution >= 4 is 23.5 Å². The van der Waals surface area contributed by atoms with E-state index >= 15 is 0 Å². The normalized spacial score (nSPS) is 24.6. The molecule has 0 aliphatic heterocycles. The smallest absolute Gasteiger partial charge is 0.338 e. The van der Waals surface area contributed by atoms with Crippen LogP contribution in [0, 0.1) is 11.8 Å². The average molecular weight is 324 g/mol. The van der Waals surface area contributed by atoms with Crippen LogP contribution in [0.5, 0.6) is 0 Å². The summed E-state index contributed by atoms with van der Waals surface area (Å²) in [4.78, 5) is 23.8. The van der Waals surface area contributed by atoms with Crippen LogP contribution in [0.15, 0.2) is 24.3 Å². The molecule has 1 amide bonds. The van der Waals surface area contributed by atoms with Gasteiger partial charge in [0, 0.05) is 11.1 Å². The Bertz CT molecular complexity index is 546. The van der Waals surface area contributed by atoms with Gasteiger partial charge in [-0.05, 0) is 36.5 Å². The Kier molecular flexibility index (Phi) is 5.83. The van der Waals surface area contributed by atoms with Gasteiger partial charge in [-0.1, -0.05) is 44.4 Å². The van der Waals surface area contributed by atoms with Crippen LogP contribution in [0.25, 0.3) is 0 Å². The van der Waals surface area contributed by atoms with E-state index in [-0.39, 0.29) is 18.6 Å². The van der Waals surface area contributed by atoms with E-state index in [0.29, 0.717) is 22.4 Å². The maximum Gasteiger partial charge on any atom is 0.338 e. The molecule has 1 aromatic rings. The second-order valence-corrected chi connectivity index (χ2v) is 6.46. The maximum absolute atomic E-state index is 12.0. The van der Waals surface area contributed by atoms with Crippen LogP contribution in [0.2, 0.25) is 5.02 Å². The van der Waals surface area contributed by atoms with E-state index in [2.05, 4.69) is 19.2 Å². The molecule has 0 saturated heterocycles. The standard InChI is InChI=1S/C17H22ClNO3/c1-11-5-3-8-15(12(11)2)19-16(20)10-22-17(21)13-6-4-7-14(18)9-13/h4,6-7,9,11-12,15H,3,5,8,10H2,1-2H3,(H,19,20)/t11-,12+,15+/m0/s1. The fraction of sp³-hybridized carbons (Fsp3) is 0.529. The highest BCUT2D eigenvalue weighted by molar-refractivity contribution is 6.30. The van der Waals surface area contributed by atoms with Gasteiger partial charge >= 0.3 is 5.97 Å². The third-order valence-electron chi connectivity index (χ3n) is 4.45. The Labute approximate surface area is 136 Å². The first-order chi connectivity index (χ1) is 10.5. The van der Waals surface area contributed by atoms with Crippen molar-refractivity contribution in [2.75, 3.05) is 6.61 Å². The lowest BCUT2D eigenvalue weighted by atomic mass is 9.78. The summed E-state index contributed by atoms with van der Waals surface area (Å²) >= 11 is 5.82. The molecule has 0 bridgehead atoms. The third-order valence-corrected chi connectivity index (χ3v) is 4.68. The number of halogens is 1. The predicted molar refractivity (Wildman–Crippen MR) is 85.8 cm³/mol. The van der Waals surface area contributed by atoms with Gasteiger partial charge in [0.25, 0.3) is 5.91 Å². The van der Waals surface area contributed by atoms with Gasteiger partial charge in [0.05, 0.1) is 5.56 Å². The second kappa shape index (κ2) is 7.63. The van der Waals surface area contributed by atoms with Crippen molar-refractivity contribution < 1.29 is 14.3 Å². The van der Waals surface area contributed by atoms with Crippen LogP contribution < -0.4 is 5.32 Å². The van der Waals surface area contributed by atoms with E-state index in [9.17, 15) is 9.59 Å². The lowest BCUT2D eigenvalue weighted by molar-refractivity contribution is -0.125. The van der Waals surface area contributed by atoms with E-state index in [1.54, 1.807) is 18.2 Å². The quantitative estimate of drug-likeness (QED) is 0.864. The van der Waals surface area contributed by atoms with Gasteiger partial charge in [-0.3, -0.25) is 4.79 Å². The minimum absolute atomic E-state index is 0.168. The van der Waals surface area contributed by atoms with Gasteiger partial charge in [-0.2, -0.15) is 0 Å². The molecule has 0 heterocycles. The van der Waals surface area contributed by atoms with Crippen LogP contribution in [0.4, 0.5) is 0 Å². The van der Waals surface area contributed by atoms with E-state index in [1.807, 2.05) is 0 Å². The van der Waals surface area contributed by atoms with Gasteiger partial charge in [0.15, 0.2) is 6.61 Å². The Morgan fingerprint density at radius 3 is 2.82 bits per heavy atom. The van der Waals surface area contributed by atoms with Crippen molar-refractivity contribution in [2.24, 2.45) is 11.8 Å². The van der Waals surface area contributed by atoms with Crippen LogP contribution in [0.3, 0.4) is 0 Å². The van der Waals surface area contributed by atoms with Crippen LogP contribution in [-0.2, 0) is 9.53 Å². The van der Waals surface area contributed by atoms with Crippen LogP contribution >= 0.6 is 11.6 Å². The molecular weight excluding hydrogens is 302 g/mol. The van der Waals surface area contributed by atoms with Gasteiger partial charge in [0.2, 0.25) is 0 Å². The number of amides is 1. The van der Waals surface area contributed by atoms with Gasteiger partial charge in [-0.15, -0.1) is 0 Å². The molecular formula is C17H22ClNO3. The molecule has 1 aliphatic rings. The average Bonchev–Trinajstić information content (AvgIpc) is 2.49. The molecule has 1 N–H and O–H groups in total. The SMILES string of the molecule is C[C@@H]1[C@@H](C)CCC[C@H]1NC(=O)COC(=O)c1cccc(Cl)c1. The molecule has 2 rings (SSSR count). The molecule has 5 heteroatoms. The topological polar surface area (TPSA) is 55.4 Å². The summed E-state index contributed by atoms with van der Waals surface area (Å²) in [7, 11) is 0. The zero-order chi connectivity index (χ0) is 16.1. The van der Waals surface area contributed by atoms with Crippen molar-refractivity contribution in [1.82, 2.24) is 5.32 Å². The Balaban J connectivity index is 1.81. The summed E-state index contributed by atoms with van der Waals surface area (Å²) in [6.07, 6.45) is 3.32. The maximum atomic E-state index is 12.0. The van der Waals surface area contributed by atoms with Gasteiger partial charge in [0.1, 0.15) is 0 Å². The van der Waals surface area contributed by atoms with Crippen molar-refractivity contribution in [1.29, 1.82) is 0 Å². The summed E-state index contributed by atoms with van der Waals surface area (Å²) in [6, 6.07) is 6.64. The van der Waals surface area contributed by atoms with Crippen LogP contribution in [-0.4, -0.2) is 24.5 Å². The molecule has 0 radical (unpaired) electrons. The van der Waals surface area contributed by atoms with E-state index in [0.717, 1.165) is 12.8 Å². The largest absolute Gasteiger partial charge is 0.452 e. The Morgan fingerprint density at radius 2 is 2.09 bits per heavy atom. The fourth-order valence-corrected chi connectivity index (χ4v) is 3.05. The molecule has 0 aromatic heterocycles. The van der Waals surface area contributed by atoms with E-state index < -0.39 is 5.97 Å². The first kappa shape index (κ1) is 16.8. The molecule has 0 unspecified atom stereocenters. The summed E-state index contributed by atoms with van der Waals surface area (Å²) in [5, 5.41) is 3.44.